The van der Waals surface area contributed by atoms with Gasteiger partial charge in [0.25, 0.3) is 0 Å². The van der Waals surface area contributed by atoms with Crippen LogP contribution in [0.5, 0.6) is 0 Å². The van der Waals surface area contributed by atoms with E-state index in [1.54, 1.807) is 19.1 Å². The van der Waals surface area contributed by atoms with E-state index in [0.717, 1.165) is 5.56 Å². The number of sulfonamides is 1. The topological polar surface area (TPSA) is 57.9 Å². The monoisotopic (exact) mass is 170 g/mol. The summed E-state index contributed by atoms with van der Waals surface area (Å²) in [4.78, 5) is 0.0532. The molecule has 4 heteroatoms. The van der Waals surface area contributed by atoms with Crippen LogP contribution in [0.1, 0.15) is 5.56 Å². The Kier molecular flexibility index (Phi) is 1.97. The maximum absolute atomic E-state index is 10.7. The first-order valence-corrected chi connectivity index (χ1v) is 4.55. The molecule has 0 fully saturated rings. The molecule has 0 aliphatic carbocycles. The molecule has 0 aromatic heterocycles. The van der Waals surface area contributed by atoms with Crippen molar-refractivity contribution < 1.29 is 8.42 Å². The molecule has 1 N–H and O–H groups in total. The van der Waals surface area contributed by atoms with Crippen LogP contribution in [-0.2, 0) is 10.0 Å². The van der Waals surface area contributed by atoms with E-state index >= 15 is 0 Å². The van der Waals surface area contributed by atoms with Gasteiger partial charge in [-0.25, -0.2) is 8.42 Å². The fourth-order valence-electron chi connectivity index (χ4n) is 0.783. The molecule has 0 saturated heterocycles. The average molecular weight is 170 g/mol. The zero-order chi connectivity index (χ0) is 8.48. The maximum atomic E-state index is 10.7. The van der Waals surface area contributed by atoms with Crippen molar-refractivity contribution in [3.63, 3.8) is 0 Å². The standard InChI is InChI=1S/C7H8NO2S/c1-6-3-2-4-7(5-6)11(8,9)10/h2-5H,1H3,(H-,8,9,10)/q-1. The summed E-state index contributed by atoms with van der Waals surface area (Å²) < 4.78 is 21.3. The van der Waals surface area contributed by atoms with Crippen LogP contribution in [0.25, 0.3) is 5.14 Å². The predicted molar refractivity (Wildman–Crippen MR) is 42.7 cm³/mol. The summed E-state index contributed by atoms with van der Waals surface area (Å²) in [6.07, 6.45) is 0. The third-order valence-electron chi connectivity index (χ3n) is 1.30. The van der Waals surface area contributed by atoms with Gasteiger partial charge in [0.1, 0.15) is 0 Å². The largest absolute Gasteiger partial charge is 0.560 e. The maximum Gasteiger partial charge on any atom is 0.0987 e. The zero-order valence-corrected chi connectivity index (χ0v) is 6.85. The van der Waals surface area contributed by atoms with E-state index in [2.05, 4.69) is 0 Å². The van der Waals surface area contributed by atoms with Gasteiger partial charge in [-0.3, -0.25) is 0 Å². The fraction of sp³-hybridized carbons (Fsp3) is 0.143. The van der Waals surface area contributed by atoms with Crippen LogP contribution in [0.3, 0.4) is 0 Å². The summed E-state index contributed by atoms with van der Waals surface area (Å²) in [5.41, 5.74) is 0.846. The Labute approximate surface area is 65.9 Å². The van der Waals surface area contributed by atoms with Gasteiger partial charge in [0.2, 0.25) is 0 Å². The molecule has 0 unspecified atom stereocenters. The van der Waals surface area contributed by atoms with Crippen LogP contribution in [0, 0.1) is 6.92 Å². The van der Waals surface area contributed by atoms with Gasteiger partial charge < -0.3 is 5.14 Å². The van der Waals surface area contributed by atoms with E-state index in [1.165, 1.54) is 12.1 Å². The highest BCUT2D eigenvalue weighted by Crippen LogP contribution is 2.11. The highest BCUT2D eigenvalue weighted by molar-refractivity contribution is 7.93. The second kappa shape index (κ2) is 2.64. The highest BCUT2D eigenvalue weighted by Gasteiger charge is 1.98. The van der Waals surface area contributed by atoms with Crippen LogP contribution >= 0.6 is 0 Å². The molecule has 0 radical (unpaired) electrons. The first kappa shape index (κ1) is 8.23. The van der Waals surface area contributed by atoms with Gasteiger partial charge in [-0.1, -0.05) is 12.1 Å². The van der Waals surface area contributed by atoms with E-state index in [4.69, 9.17) is 5.14 Å². The van der Waals surface area contributed by atoms with Crippen molar-refractivity contribution in [3.8, 4) is 0 Å². The minimum Gasteiger partial charge on any atom is -0.560 e. The Balaban J connectivity index is 3.28. The molecule has 0 heterocycles. The van der Waals surface area contributed by atoms with Crippen molar-refractivity contribution in [2.75, 3.05) is 0 Å². The Morgan fingerprint density at radius 1 is 1.36 bits per heavy atom. The van der Waals surface area contributed by atoms with Gasteiger partial charge in [-0.15, -0.1) is 0 Å². The molecule has 0 spiro atoms. The summed E-state index contributed by atoms with van der Waals surface area (Å²) in [6, 6.07) is 6.29. The number of rotatable bonds is 1. The van der Waals surface area contributed by atoms with Crippen LogP contribution in [0.15, 0.2) is 29.2 Å². The lowest BCUT2D eigenvalue weighted by Gasteiger charge is -2.04. The Hall–Kier alpha value is -0.870. The molecule has 60 valence electrons. The minimum atomic E-state index is -3.78. The van der Waals surface area contributed by atoms with E-state index in [1.807, 2.05) is 0 Å². The summed E-state index contributed by atoms with van der Waals surface area (Å²) in [7, 11) is -3.78. The molecule has 3 nitrogen and oxygen atoms in total. The molecule has 11 heavy (non-hydrogen) atoms. The molecule has 0 saturated carbocycles. The predicted octanol–water partition coefficient (Wildman–Crippen LogP) is 1.74. The van der Waals surface area contributed by atoms with Crippen molar-refractivity contribution >= 4 is 10.0 Å². The van der Waals surface area contributed by atoms with Crippen molar-refractivity contribution in [2.24, 2.45) is 0 Å². The third kappa shape index (κ3) is 2.03. The smallest absolute Gasteiger partial charge is 0.0987 e. The van der Waals surface area contributed by atoms with E-state index in [-0.39, 0.29) is 4.90 Å². The molecular weight excluding hydrogens is 162 g/mol. The molecule has 0 aliphatic heterocycles. The highest BCUT2D eigenvalue weighted by atomic mass is 32.2. The van der Waals surface area contributed by atoms with Gasteiger partial charge in [-0.2, -0.15) is 0 Å². The van der Waals surface area contributed by atoms with E-state index in [0.29, 0.717) is 0 Å². The quantitative estimate of drug-likeness (QED) is 0.644. The second-order valence-electron chi connectivity index (χ2n) is 2.32. The van der Waals surface area contributed by atoms with Crippen molar-refractivity contribution in [2.45, 2.75) is 11.8 Å². The van der Waals surface area contributed by atoms with Gasteiger partial charge in [-0.05, 0) is 24.6 Å². The minimum absolute atomic E-state index is 0.0532. The van der Waals surface area contributed by atoms with Crippen LogP contribution in [0.2, 0.25) is 0 Å². The molecule has 1 aromatic carbocycles. The summed E-state index contributed by atoms with van der Waals surface area (Å²) in [6.45, 7) is 1.79. The first-order valence-electron chi connectivity index (χ1n) is 3.06. The zero-order valence-electron chi connectivity index (χ0n) is 6.03. The Bertz CT molecular complexity index is 356. The normalized spacial score (nSPS) is 11.5. The van der Waals surface area contributed by atoms with Gasteiger partial charge in [0.05, 0.1) is 10.0 Å². The molecule has 0 atom stereocenters. The van der Waals surface area contributed by atoms with Gasteiger partial charge >= 0.3 is 0 Å². The van der Waals surface area contributed by atoms with Crippen molar-refractivity contribution in [1.29, 1.82) is 0 Å². The lowest BCUT2D eigenvalue weighted by Crippen LogP contribution is -1.92. The lowest BCUT2D eigenvalue weighted by molar-refractivity contribution is 0.604. The molecule has 1 aromatic rings. The number of hydrogen-bond donors (Lipinski definition) is 0. The number of nitrogens with one attached hydrogen (secondary N) is 1. The molecular formula is C7H8NO2S-. The van der Waals surface area contributed by atoms with Crippen LogP contribution in [0.4, 0.5) is 0 Å². The average Bonchev–Trinajstić information content (AvgIpc) is 1.86. The van der Waals surface area contributed by atoms with Crippen LogP contribution in [-0.4, -0.2) is 8.42 Å². The molecule has 0 bridgehead atoms. The number of benzene rings is 1. The molecule has 0 amide bonds. The lowest BCUT2D eigenvalue weighted by atomic mass is 10.2. The molecule has 0 aliphatic rings. The van der Waals surface area contributed by atoms with E-state index in [9.17, 15) is 8.42 Å². The summed E-state index contributed by atoms with van der Waals surface area (Å²) >= 11 is 0. The second-order valence-corrected chi connectivity index (χ2v) is 3.80. The van der Waals surface area contributed by atoms with Crippen LogP contribution < -0.4 is 0 Å². The van der Waals surface area contributed by atoms with Crippen molar-refractivity contribution in [1.82, 2.24) is 0 Å². The Morgan fingerprint density at radius 2 is 2.00 bits per heavy atom. The number of aryl methyl sites for hydroxylation is 1. The SMILES string of the molecule is Cc1cccc(S([NH-])(=O)=O)c1. The first-order chi connectivity index (χ1) is 5.00. The van der Waals surface area contributed by atoms with Gasteiger partial charge in [0, 0.05) is 4.90 Å². The van der Waals surface area contributed by atoms with Gasteiger partial charge in [0.15, 0.2) is 0 Å². The summed E-state index contributed by atoms with van der Waals surface area (Å²) in [5, 5.41) is 6.74. The third-order valence-corrected chi connectivity index (χ3v) is 2.17. The number of hydrogen-bond acceptors (Lipinski definition) is 2. The van der Waals surface area contributed by atoms with Crippen molar-refractivity contribution in [3.05, 3.63) is 35.0 Å². The van der Waals surface area contributed by atoms with E-state index < -0.39 is 10.0 Å². The summed E-state index contributed by atoms with van der Waals surface area (Å²) in [5.74, 6) is 0. The fourth-order valence-corrected chi connectivity index (χ4v) is 1.38. The molecule has 1 rings (SSSR count). The Morgan fingerprint density at radius 3 is 2.36 bits per heavy atom.